The van der Waals surface area contributed by atoms with Gasteiger partial charge in [0, 0.05) is 16.1 Å². The SMILES string of the molecule is CC(C)N(Cc1nc(-c2ccccc2)no1)C(=O)COc1ccc(Br)cc1. The van der Waals surface area contributed by atoms with Gasteiger partial charge in [0.05, 0.1) is 0 Å². The molecular weight excluding hydrogens is 410 g/mol. The third-order valence-electron chi connectivity index (χ3n) is 3.93. The highest BCUT2D eigenvalue weighted by Gasteiger charge is 2.21. The second kappa shape index (κ2) is 8.81. The first kappa shape index (κ1) is 19.1. The van der Waals surface area contributed by atoms with Crippen LogP contribution in [0.2, 0.25) is 0 Å². The number of amides is 1. The lowest BCUT2D eigenvalue weighted by molar-refractivity contribution is -0.136. The number of rotatable bonds is 7. The summed E-state index contributed by atoms with van der Waals surface area (Å²) in [5.74, 6) is 1.39. The third kappa shape index (κ3) is 5.17. The van der Waals surface area contributed by atoms with E-state index in [1.54, 1.807) is 17.0 Å². The van der Waals surface area contributed by atoms with Gasteiger partial charge in [-0.3, -0.25) is 4.79 Å². The molecule has 0 spiro atoms. The maximum atomic E-state index is 12.6. The summed E-state index contributed by atoms with van der Waals surface area (Å²) < 4.78 is 11.9. The molecule has 0 N–H and O–H groups in total. The summed E-state index contributed by atoms with van der Waals surface area (Å²) >= 11 is 3.37. The van der Waals surface area contributed by atoms with Gasteiger partial charge in [0.15, 0.2) is 6.61 Å². The Hall–Kier alpha value is -2.67. The largest absolute Gasteiger partial charge is 0.484 e. The van der Waals surface area contributed by atoms with Gasteiger partial charge in [-0.05, 0) is 38.1 Å². The lowest BCUT2D eigenvalue weighted by Crippen LogP contribution is -2.39. The Morgan fingerprint density at radius 2 is 1.85 bits per heavy atom. The van der Waals surface area contributed by atoms with Gasteiger partial charge in [-0.15, -0.1) is 0 Å². The van der Waals surface area contributed by atoms with Gasteiger partial charge in [0.1, 0.15) is 12.3 Å². The van der Waals surface area contributed by atoms with Gasteiger partial charge < -0.3 is 14.2 Å². The van der Waals surface area contributed by atoms with Gasteiger partial charge in [0.2, 0.25) is 11.7 Å². The molecule has 6 nitrogen and oxygen atoms in total. The molecule has 1 heterocycles. The van der Waals surface area contributed by atoms with E-state index in [-0.39, 0.29) is 25.1 Å². The van der Waals surface area contributed by atoms with Gasteiger partial charge in [0.25, 0.3) is 5.91 Å². The van der Waals surface area contributed by atoms with Crippen LogP contribution in [0.4, 0.5) is 0 Å². The monoisotopic (exact) mass is 429 g/mol. The molecule has 0 bridgehead atoms. The Bertz CT molecular complexity index is 879. The molecule has 1 amide bonds. The van der Waals surface area contributed by atoms with Crippen molar-refractivity contribution in [1.82, 2.24) is 15.0 Å². The topological polar surface area (TPSA) is 68.5 Å². The van der Waals surface area contributed by atoms with Crippen LogP contribution in [0.25, 0.3) is 11.4 Å². The van der Waals surface area contributed by atoms with Crippen LogP contribution in [0.5, 0.6) is 5.75 Å². The van der Waals surface area contributed by atoms with Crippen LogP contribution in [-0.4, -0.2) is 33.6 Å². The van der Waals surface area contributed by atoms with Crippen molar-refractivity contribution >= 4 is 21.8 Å². The second-order valence-corrected chi connectivity index (χ2v) is 7.15. The number of carbonyl (C=O) groups excluding carboxylic acids is 1. The summed E-state index contributed by atoms with van der Waals surface area (Å²) in [5, 5.41) is 4.00. The first-order valence-corrected chi connectivity index (χ1v) is 9.38. The lowest BCUT2D eigenvalue weighted by Gasteiger charge is -2.25. The van der Waals surface area contributed by atoms with E-state index < -0.39 is 0 Å². The molecule has 7 heteroatoms. The Morgan fingerprint density at radius 3 is 2.52 bits per heavy atom. The number of benzene rings is 2. The van der Waals surface area contributed by atoms with E-state index >= 15 is 0 Å². The molecule has 0 aliphatic rings. The third-order valence-corrected chi connectivity index (χ3v) is 4.45. The molecule has 3 rings (SSSR count). The minimum absolute atomic E-state index is 0.0295. The molecule has 0 radical (unpaired) electrons. The highest BCUT2D eigenvalue weighted by Crippen LogP contribution is 2.18. The summed E-state index contributed by atoms with van der Waals surface area (Å²) in [5.41, 5.74) is 0.869. The smallest absolute Gasteiger partial charge is 0.261 e. The first-order valence-electron chi connectivity index (χ1n) is 8.59. The quantitative estimate of drug-likeness (QED) is 0.559. The zero-order valence-corrected chi connectivity index (χ0v) is 16.7. The molecule has 0 saturated carbocycles. The fourth-order valence-electron chi connectivity index (χ4n) is 2.49. The fourth-order valence-corrected chi connectivity index (χ4v) is 2.75. The van der Waals surface area contributed by atoms with E-state index in [4.69, 9.17) is 9.26 Å². The lowest BCUT2D eigenvalue weighted by atomic mass is 10.2. The number of halogens is 1. The average Bonchev–Trinajstić information content (AvgIpc) is 3.15. The molecule has 1 aromatic heterocycles. The van der Waals surface area contributed by atoms with E-state index in [1.165, 1.54) is 0 Å². The molecule has 2 aromatic carbocycles. The van der Waals surface area contributed by atoms with Crippen molar-refractivity contribution in [2.75, 3.05) is 6.61 Å². The van der Waals surface area contributed by atoms with Gasteiger partial charge in [-0.25, -0.2) is 0 Å². The van der Waals surface area contributed by atoms with E-state index in [2.05, 4.69) is 26.1 Å². The minimum Gasteiger partial charge on any atom is -0.484 e. The molecular formula is C20H20BrN3O3. The van der Waals surface area contributed by atoms with Crippen LogP contribution in [0.15, 0.2) is 63.6 Å². The summed E-state index contributed by atoms with van der Waals surface area (Å²) in [6, 6.07) is 16.9. The standard InChI is InChI=1S/C20H20BrN3O3/c1-14(2)24(19(25)13-26-17-10-8-16(21)9-11-17)12-18-22-20(23-27-18)15-6-4-3-5-7-15/h3-11,14H,12-13H2,1-2H3. The van der Waals surface area contributed by atoms with Crippen LogP contribution in [-0.2, 0) is 11.3 Å². The van der Waals surface area contributed by atoms with Crippen molar-refractivity contribution in [2.24, 2.45) is 0 Å². The van der Waals surface area contributed by atoms with Crippen molar-refractivity contribution in [2.45, 2.75) is 26.4 Å². The average molecular weight is 430 g/mol. The number of hydrogen-bond acceptors (Lipinski definition) is 5. The van der Waals surface area contributed by atoms with Crippen molar-refractivity contribution in [3.05, 3.63) is 65.0 Å². The molecule has 0 unspecified atom stereocenters. The molecule has 0 aliphatic carbocycles. The molecule has 0 atom stereocenters. The van der Waals surface area contributed by atoms with E-state index in [1.807, 2.05) is 56.3 Å². The predicted molar refractivity (Wildman–Crippen MR) is 105 cm³/mol. The molecule has 27 heavy (non-hydrogen) atoms. The normalized spacial score (nSPS) is 10.8. The highest BCUT2D eigenvalue weighted by molar-refractivity contribution is 9.10. The number of aromatic nitrogens is 2. The van der Waals surface area contributed by atoms with Crippen LogP contribution in [0.1, 0.15) is 19.7 Å². The molecule has 0 saturated heterocycles. The maximum absolute atomic E-state index is 12.6. The molecule has 140 valence electrons. The molecule has 3 aromatic rings. The Morgan fingerprint density at radius 1 is 1.15 bits per heavy atom. The Balaban J connectivity index is 1.64. The molecule has 0 aliphatic heterocycles. The van der Waals surface area contributed by atoms with E-state index in [0.29, 0.717) is 17.5 Å². The zero-order valence-electron chi connectivity index (χ0n) is 15.1. The van der Waals surface area contributed by atoms with Gasteiger partial charge >= 0.3 is 0 Å². The first-order chi connectivity index (χ1) is 13.0. The second-order valence-electron chi connectivity index (χ2n) is 6.24. The fraction of sp³-hybridized carbons (Fsp3) is 0.250. The zero-order chi connectivity index (χ0) is 19.2. The number of hydrogen-bond donors (Lipinski definition) is 0. The van der Waals surface area contributed by atoms with Crippen molar-refractivity contribution in [1.29, 1.82) is 0 Å². The number of nitrogens with zero attached hydrogens (tertiary/aromatic N) is 3. The summed E-state index contributed by atoms with van der Waals surface area (Å²) in [4.78, 5) is 18.7. The van der Waals surface area contributed by atoms with Crippen LogP contribution in [0.3, 0.4) is 0 Å². The Labute approximate surface area is 166 Å². The van der Waals surface area contributed by atoms with Crippen molar-refractivity contribution < 1.29 is 14.1 Å². The predicted octanol–water partition coefficient (Wildman–Crippen LogP) is 4.32. The van der Waals surface area contributed by atoms with Crippen LogP contribution in [0, 0.1) is 0 Å². The summed E-state index contributed by atoms with van der Waals surface area (Å²) in [6.45, 7) is 4.05. The van der Waals surface area contributed by atoms with Crippen LogP contribution < -0.4 is 4.74 Å². The summed E-state index contributed by atoms with van der Waals surface area (Å²) in [7, 11) is 0. The van der Waals surface area contributed by atoms with Crippen LogP contribution >= 0.6 is 15.9 Å². The number of carbonyl (C=O) groups is 1. The van der Waals surface area contributed by atoms with Crippen molar-refractivity contribution in [3.63, 3.8) is 0 Å². The minimum atomic E-state index is -0.146. The van der Waals surface area contributed by atoms with Crippen molar-refractivity contribution in [3.8, 4) is 17.1 Å². The van der Waals surface area contributed by atoms with Gasteiger partial charge in [-0.2, -0.15) is 4.98 Å². The van der Waals surface area contributed by atoms with E-state index in [0.717, 1.165) is 10.0 Å². The Kier molecular flexibility index (Phi) is 6.24. The summed E-state index contributed by atoms with van der Waals surface area (Å²) in [6.07, 6.45) is 0. The molecule has 0 fully saturated rings. The highest BCUT2D eigenvalue weighted by atomic mass is 79.9. The number of ether oxygens (including phenoxy) is 1. The van der Waals surface area contributed by atoms with E-state index in [9.17, 15) is 4.79 Å². The maximum Gasteiger partial charge on any atom is 0.261 e. The van der Waals surface area contributed by atoms with Gasteiger partial charge in [-0.1, -0.05) is 51.4 Å².